The van der Waals surface area contributed by atoms with E-state index in [4.69, 9.17) is 0 Å². The molecule has 0 aliphatic rings. The number of hydrogen-bond donors (Lipinski definition) is 2. The predicted molar refractivity (Wildman–Crippen MR) is 83.4 cm³/mol. The molecule has 0 saturated heterocycles. The molecule has 2 rings (SSSR count). The van der Waals surface area contributed by atoms with Crippen molar-refractivity contribution in [2.24, 2.45) is 0 Å². The van der Waals surface area contributed by atoms with Gasteiger partial charge in [-0.25, -0.2) is 19.2 Å². The Bertz CT molecular complexity index is 675. The zero-order chi connectivity index (χ0) is 16.1. The first-order valence-electron chi connectivity index (χ1n) is 6.77. The Morgan fingerprint density at radius 1 is 1.27 bits per heavy atom. The smallest absolute Gasteiger partial charge is 0.319 e. The van der Waals surface area contributed by atoms with E-state index >= 15 is 0 Å². The molecule has 1 heterocycles. The number of aryl methyl sites for hydroxylation is 1. The van der Waals surface area contributed by atoms with Gasteiger partial charge in [-0.3, -0.25) is 0 Å². The fourth-order valence-electron chi connectivity index (χ4n) is 1.81. The second-order valence-corrected chi connectivity index (χ2v) is 4.98. The summed E-state index contributed by atoms with van der Waals surface area (Å²) in [7, 11) is 3.69. The highest BCUT2D eigenvalue weighted by atomic mass is 19.1. The first kappa shape index (κ1) is 15.7. The van der Waals surface area contributed by atoms with E-state index in [1.807, 2.05) is 21.0 Å². The Morgan fingerprint density at radius 3 is 2.68 bits per heavy atom. The number of urea groups is 1. The molecule has 2 N–H and O–H groups in total. The maximum Gasteiger partial charge on any atom is 0.319 e. The Labute approximate surface area is 128 Å². The average Bonchev–Trinajstić information content (AvgIpc) is 2.47. The molecular formula is C15H18FN5O. The van der Waals surface area contributed by atoms with Crippen LogP contribution in [0.25, 0.3) is 0 Å². The van der Waals surface area contributed by atoms with E-state index in [1.54, 1.807) is 23.1 Å². The first-order valence-corrected chi connectivity index (χ1v) is 6.77. The highest BCUT2D eigenvalue weighted by Gasteiger charge is 2.08. The molecule has 7 heteroatoms. The highest BCUT2D eigenvalue weighted by molar-refractivity contribution is 5.89. The number of aromatic nitrogens is 2. The normalized spacial score (nSPS) is 10.2. The van der Waals surface area contributed by atoms with Crippen LogP contribution in [-0.2, 0) is 6.54 Å². The molecule has 0 unspecified atom stereocenters. The Morgan fingerprint density at radius 2 is 2.00 bits per heavy atom. The molecule has 0 radical (unpaired) electrons. The standard InChI is InChI=1S/C15H18FN5O/c1-10-8-11(19-14(18-10)21(2)3)9-17-15(22)20-13-7-5-4-6-12(13)16/h4-8H,9H2,1-3H3,(H2,17,20,22). The van der Waals surface area contributed by atoms with Gasteiger partial charge < -0.3 is 15.5 Å². The summed E-state index contributed by atoms with van der Waals surface area (Å²) in [5, 5.41) is 5.10. The van der Waals surface area contributed by atoms with Crippen molar-refractivity contribution in [3.8, 4) is 0 Å². The SMILES string of the molecule is Cc1cc(CNC(=O)Nc2ccccc2F)nc(N(C)C)n1. The summed E-state index contributed by atoms with van der Waals surface area (Å²) < 4.78 is 13.4. The van der Waals surface area contributed by atoms with Crippen LogP contribution in [0.15, 0.2) is 30.3 Å². The zero-order valence-electron chi connectivity index (χ0n) is 12.7. The highest BCUT2D eigenvalue weighted by Crippen LogP contribution is 2.12. The molecule has 0 bridgehead atoms. The maximum atomic E-state index is 13.4. The van der Waals surface area contributed by atoms with Crippen LogP contribution in [0.1, 0.15) is 11.4 Å². The molecule has 2 amide bonds. The van der Waals surface area contributed by atoms with Gasteiger partial charge in [0.1, 0.15) is 5.82 Å². The van der Waals surface area contributed by atoms with Gasteiger partial charge in [0.15, 0.2) is 0 Å². The minimum atomic E-state index is -0.493. The fourth-order valence-corrected chi connectivity index (χ4v) is 1.81. The Kier molecular flexibility index (Phi) is 4.88. The second kappa shape index (κ2) is 6.84. The second-order valence-electron chi connectivity index (χ2n) is 4.98. The lowest BCUT2D eigenvalue weighted by atomic mass is 10.3. The van der Waals surface area contributed by atoms with E-state index in [1.165, 1.54) is 12.1 Å². The summed E-state index contributed by atoms with van der Waals surface area (Å²) >= 11 is 0. The van der Waals surface area contributed by atoms with E-state index < -0.39 is 11.8 Å². The zero-order valence-corrected chi connectivity index (χ0v) is 12.7. The first-order chi connectivity index (χ1) is 10.5. The van der Waals surface area contributed by atoms with Crippen molar-refractivity contribution in [2.75, 3.05) is 24.3 Å². The summed E-state index contributed by atoms with van der Waals surface area (Å²) in [4.78, 5) is 22.2. The predicted octanol–water partition coefficient (Wildman–Crippen LogP) is 2.31. The number of hydrogen-bond acceptors (Lipinski definition) is 4. The molecule has 1 aromatic carbocycles. The average molecular weight is 303 g/mol. The van der Waals surface area contributed by atoms with Gasteiger partial charge >= 0.3 is 6.03 Å². The maximum absolute atomic E-state index is 13.4. The van der Waals surface area contributed by atoms with Gasteiger partial charge in [-0.2, -0.15) is 0 Å². The summed E-state index contributed by atoms with van der Waals surface area (Å²) in [5.41, 5.74) is 1.62. The number of anilines is 2. The molecule has 0 aliphatic heterocycles. The quantitative estimate of drug-likeness (QED) is 0.909. The van der Waals surface area contributed by atoms with Crippen LogP contribution in [0.3, 0.4) is 0 Å². The van der Waals surface area contributed by atoms with Crippen LogP contribution < -0.4 is 15.5 Å². The largest absolute Gasteiger partial charge is 0.347 e. The number of nitrogens with zero attached hydrogens (tertiary/aromatic N) is 3. The molecule has 1 aromatic heterocycles. The lowest BCUT2D eigenvalue weighted by molar-refractivity contribution is 0.251. The van der Waals surface area contributed by atoms with Gasteiger partial charge in [-0.15, -0.1) is 0 Å². The molecule has 22 heavy (non-hydrogen) atoms. The molecule has 0 atom stereocenters. The molecule has 0 fully saturated rings. The van der Waals surface area contributed by atoms with Gasteiger partial charge in [0.05, 0.1) is 17.9 Å². The van der Waals surface area contributed by atoms with Crippen LogP contribution in [0.4, 0.5) is 20.8 Å². The monoisotopic (exact) mass is 303 g/mol. The Hall–Kier alpha value is -2.70. The van der Waals surface area contributed by atoms with Gasteiger partial charge in [0.25, 0.3) is 0 Å². The van der Waals surface area contributed by atoms with Crippen LogP contribution >= 0.6 is 0 Å². The Balaban J connectivity index is 1.98. The number of rotatable bonds is 4. The number of carbonyl (C=O) groups excluding carboxylic acids is 1. The molecule has 0 spiro atoms. The lowest BCUT2D eigenvalue weighted by Gasteiger charge is -2.13. The van der Waals surface area contributed by atoms with Crippen LogP contribution in [0.2, 0.25) is 0 Å². The van der Waals surface area contributed by atoms with Crippen molar-refractivity contribution in [1.29, 1.82) is 0 Å². The third-order valence-corrected chi connectivity index (χ3v) is 2.85. The van der Waals surface area contributed by atoms with Crippen molar-refractivity contribution < 1.29 is 9.18 Å². The minimum Gasteiger partial charge on any atom is -0.347 e. The molecular weight excluding hydrogens is 285 g/mol. The van der Waals surface area contributed by atoms with Gasteiger partial charge in [0, 0.05) is 19.8 Å². The van der Waals surface area contributed by atoms with Crippen LogP contribution in [0.5, 0.6) is 0 Å². The number of carbonyl (C=O) groups is 1. The molecule has 2 aromatic rings. The summed E-state index contributed by atoms with van der Waals surface area (Å²) in [6.45, 7) is 2.09. The molecule has 0 saturated carbocycles. The van der Waals surface area contributed by atoms with E-state index in [0.717, 1.165) is 5.69 Å². The number of benzene rings is 1. The van der Waals surface area contributed by atoms with E-state index in [9.17, 15) is 9.18 Å². The van der Waals surface area contributed by atoms with Gasteiger partial charge in [0.2, 0.25) is 5.95 Å². The lowest BCUT2D eigenvalue weighted by Crippen LogP contribution is -2.29. The molecule has 6 nitrogen and oxygen atoms in total. The number of para-hydroxylation sites is 1. The fraction of sp³-hybridized carbons (Fsp3) is 0.267. The van der Waals surface area contributed by atoms with Crippen molar-refractivity contribution in [3.63, 3.8) is 0 Å². The molecule has 116 valence electrons. The van der Waals surface area contributed by atoms with Crippen molar-refractivity contribution in [1.82, 2.24) is 15.3 Å². The van der Waals surface area contributed by atoms with Crippen molar-refractivity contribution in [3.05, 3.63) is 47.5 Å². The van der Waals surface area contributed by atoms with Crippen molar-refractivity contribution in [2.45, 2.75) is 13.5 Å². The number of nitrogens with one attached hydrogen (secondary N) is 2. The summed E-state index contributed by atoms with van der Waals surface area (Å²) in [5.74, 6) is 0.0942. The third kappa shape index (κ3) is 4.15. The van der Waals surface area contributed by atoms with E-state index in [2.05, 4.69) is 20.6 Å². The van der Waals surface area contributed by atoms with Gasteiger partial charge in [-0.1, -0.05) is 12.1 Å². The number of amides is 2. The topological polar surface area (TPSA) is 70.2 Å². The summed E-state index contributed by atoms with van der Waals surface area (Å²) in [6, 6.07) is 7.28. The van der Waals surface area contributed by atoms with E-state index in [0.29, 0.717) is 11.6 Å². The summed E-state index contributed by atoms with van der Waals surface area (Å²) in [6.07, 6.45) is 0. The molecule has 0 aliphatic carbocycles. The third-order valence-electron chi connectivity index (χ3n) is 2.85. The van der Waals surface area contributed by atoms with Gasteiger partial charge in [-0.05, 0) is 25.1 Å². The number of halogens is 1. The minimum absolute atomic E-state index is 0.132. The van der Waals surface area contributed by atoms with Crippen LogP contribution in [-0.4, -0.2) is 30.1 Å². The van der Waals surface area contributed by atoms with Crippen LogP contribution in [0, 0.1) is 12.7 Å². The van der Waals surface area contributed by atoms with E-state index in [-0.39, 0.29) is 12.2 Å². The van der Waals surface area contributed by atoms with Crippen molar-refractivity contribution >= 4 is 17.7 Å².